The Morgan fingerprint density at radius 3 is 2.53 bits per heavy atom. The maximum absolute atomic E-state index is 13.5. The molecule has 0 radical (unpaired) electrons. The van der Waals surface area contributed by atoms with Gasteiger partial charge in [0.25, 0.3) is 0 Å². The summed E-state index contributed by atoms with van der Waals surface area (Å²) in [6, 6.07) is 14.3. The van der Waals surface area contributed by atoms with Crippen molar-refractivity contribution in [2.75, 3.05) is 4.90 Å². The molecule has 0 N–H and O–H groups in total. The Balaban J connectivity index is 1.97. The topological polar surface area (TPSA) is 90.0 Å². The Morgan fingerprint density at radius 1 is 1.17 bits per heavy atom. The Bertz CT molecular complexity index is 1070. The number of carbonyl (C=O) groups is 1. The molecule has 0 spiro atoms. The molecule has 30 heavy (non-hydrogen) atoms. The van der Waals surface area contributed by atoms with Gasteiger partial charge in [-0.25, -0.2) is 4.79 Å². The van der Waals surface area contributed by atoms with E-state index in [2.05, 4.69) is 17.1 Å². The summed E-state index contributed by atoms with van der Waals surface area (Å²) in [5, 5.41) is 20.5. The van der Waals surface area contributed by atoms with Gasteiger partial charge in [-0.15, -0.1) is 0 Å². The molecule has 2 aromatic rings. The smallest absolute Gasteiger partial charge is 0.330 e. The van der Waals surface area contributed by atoms with Gasteiger partial charge in [0, 0.05) is 18.1 Å². The van der Waals surface area contributed by atoms with Gasteiger partial charge in [0.1, 0.15) is 11.6 Å². The molecule has 2 aliphatic heterocycles. The summed E-state index contributed by atoms with van der Waals surface area (Å²) in [5.41, 5.74) is 0.217. The average Bonchev–Trinajstić information content (AvgIpc) is 3.04. The van der Waals surface area contributed by atoms with Crippen molar-refractivity contribution in [1.82, 2.24) is 4.98 Å². The van der Waals surface area contributed by atoms with Crippen LogP contribution in [0.3, 0.4) is 0 Å². The van der Waals surface area contributed by atoms with E-state index in [1.54, 1.807) is 18.5 Å². The van der Waals surface area contributed by atoms with Gasteiger partial charge in [-0.1, -0.05) is 36.4 Å². The molecule has 0 bridgehead atoms. The van der Waals surface area contributed by atoms with Crippen LogP contribution in [0.25, 0.3) is 6.08 Å². The van der Waals surface area contributed by atoms with Crippen LogP contribution in [0.1, 0.15) is 37.8 Å². The number of benzene rings is 1. The number of fused-ring (bicyclic) bond motifs is 3. The van der Waals surface area contributed by atoms with Crippen LogP contribution in [0.5, 0.6) is 0 Å². The van der Waals surface area contributed by atoms with Gasteiger partial charge in [0.15, 0.2) is 5.41 Å². The summed E-state index contributed by atoms with van der Waals surface area (Å²) in [4.78, 5) is 19.6. The van der Waals surface area contributed by atoms with Crippen LogP contribution in [0, 0.1) is 28.1 Å². The SMILES string of the molecule is CC(C)(C)OC(=O)[C@@H]1[C@H](c2cccnc2)C(C#N)(C#N)[C@H]2C=Cc3ccccc3N12. The van der Waals surface area contributed by atoms with Crippen molar-refractivity contribution in [3.05, 3.63) is 66.0 Å². The van der Waals surface area contributed by atoms with Crippen LogP contribution in [0.2, 0.25) is 0 Å². The van der Waals surface area contributed by atoms with E-state index in [9.17, 15) is 15.3 Å². The van der Waals surface area contributed by atoms with Crippen LogP contribution in [0.4, 0.5) is 5.69 Å². The number of pyridine rings is 1. The molecule has 6 heteroatoms. The first-order valence-corrected chi connectivity index (χ1v) is 9.83. The summed E-state index contributed by atoms with van der Waals surface area (Å²) in [7, 11) is 0. The largest absolute Gasteiger partial charge is 0.458 e. The number of anilines is 1. The number of nitriles is 2. The molecule has 3 heterocycles. The number of aromatic nitrogens is 1. The third-order valence-corrected chi connectivity index (χ3v) is 5.61. The van der Waals surface area contributed by atoms with Gasteiger partial charge in [-0.3, -0.25) is 4.98 Å². The maximum Gasteiger partial charge on any atom is 0.330 e. The minimum atomic E-state index is -1.48. The highest BCUT2D eigenvalue weighted by Crippen LogP contribution is 2.55. The summed E-state index contributed by atoms with van der Waals surface area (Å²) in [6.07, 6.45) is 7.02. The van der Waals surface area contributed by atoms with Crippen molar-refractivity contribution in [2.45, 2.75) is 44.4 Å². The number of para-hydroxylation sites is 1. The molecule has 2 aliphatic rings. The number of hydrogen-bond acceptors (Lipinski definition) is 6. The second-order valence-electron chi connectivity index (χ2n) is 8.61. The number of carbonyl (C=O) groups excluding carboxylic acids is 1. The predicted molar refractivity (Wildman–Crippen MR) is 112 cm³/mol. The van der Waals surface area contributed by atoms with Gasteiger partial charge in [-0.2, -0.15) is 10.5 Å². The first-order chi connectivity index (χ1) is 14.3. The van der Waals surface area contributed by atoms with E-state index >= 15 is 0 Å². The zero-order valence-electron chi connectivity index (χ0n) is 17.1. The number of rotatable bonds is 2. The highest BCUT2D eigenvalue weighted by molar-refractivity contribution is 5.88. The lowest BCUT2D eigenvalue weighted by Gasteiger charge is -2.36. The maximum atomic E-state index is 13.5. The molecule has 0 saturated carbocycles. The van der Waals surface area contributed by atoms with Crippen molar-refractivity contribution in [3.63, 3.8) is 0 Å². The number of nitrogens with zero attached hydrogens (tertiary/aromatic N) is 4. The quantitative estimate of drug-likeness (QED) is 0.714. The van der Waals surface area contributed by atoms with Crippen molar-refractivity contribution in [1.29, 1.82) is 10.5 Å². The van der Waals surface area contributed by atoms with Gasteiger partial charge >= 0.3 is 5.97 Å². The number of ether oxygens (including phenoxy) is 1. The van der Waals surface area contributed by atoms with E-state index < -0.39 is 35.0 Å². The van der Waals surface area contributed by atoms with Crippen molar-refractivity contribution >= 4 is 17.7 Å². The molecule has 0 amide bonds. The lowest BCUT2D eigenvalue weighted by molar-refractivity contribution is -0.156. The van der Waals surface area contributed by atoms with E-state index in [1.807, 2.05) is 68.2 Å². The molecular weight excluding hydrogens is 376 g/mol. The first-order valence-electron chi connectivity index (χ1n) is 9.83. The number of esters is 1. The molecule has 0 unspecified atom stereocenters. The Hall–Kier alpha value is -3.64. The molecule has 1 aromatic carbocycles. The molecule has 1 fully saturated rings. The fourth-order valence-electron chi connectivity index (χ4n) is 4.50. The van der Waals surface area contributed by atoms with Crippen molar-refractivity contribution < 1.29 is 9.53 Å². The Morgan fingerprint density at radius 2 is 1.90 bits per heavy atom. The standard InChI is InChI=1S/C24H22N4O2/c1-23(2,3)30-22(29)21-20(17-8-6-12-27-13-17)24(14-25,15-26)19-11-10-16-7-4-5-9-18(16)28(19)21/h4-13,19-21H,1-3H3/t19-,20+,21+/m1/s1. The lowest BCUT2D eigenvalue weighted by Crippen LogP contribution is -2.46. The fourth-order valence-corrected chi connectivity index (χ4v) is 4.50. The van der Waals surface area contributed by atoms with Gasteiger partial charge < -0.3 is 9.64 Å². The molecule has 4 rings (SSSR count). The zero-order valence-corrected chi connectivity index (χ0v) is 17.1. The van der Waals surface area contributed by atoms with E-state index in [4.69, 9.17) is 4.74 Å². The van der Waals surface area contributed by atoms with Gasteiger partial charge in [0.2, 0.25) is 0 Å². The Kier molecular flexibility index (Phi) is 4.59. The van der Waals surface area contributed by atoms with Crippen LogP contribution >= 0.6 is 0 Å². The minimum Gasteiger partial charge on any atom is -0.458 e. The molecular formula is C24H22N4O2. The van der Waals surface area contributed by atoms with E-state index in [0.29, 0.717) is 5.56 Å². The second kappa shape index (κ2) is 7.00. The van der Waals surface area contributed by atoms with E-state index in [0.717, 1.165) is 11.3 Å². The fraction of sp³-hybridized carbons (Fsp3) is 0.333. The summed E-state index contributed by atoms with van der Waals surface area (Å²) in [6.45, 7) is 5.42. The third kappa shape index (κ3) is 2.93. The van der Waals surface area contributed by atoms with Crippen LogP contribution in [-0.2, 0) is 9.53 Å². The molecule has 1 saturated heterocycles. The Labute approximate surface area is 176 Å². The monoisotopic (exact) mass is 398 g/mol. The summed E-state index contributed by atoms with van der Waals surface area (Å²) < 4.78 is 5.78. The summed E-state index contributed by atoms with van der Waals surface area (Å²) >= 11 is 0. The van der Waals surface area contributed by atoms with E-state index in [1.165, 1.54) is 0 Å². The molecule has 6 nitrogen and oxygen atoms in total. The predicted octanol–water partition coefficient (Wildman–Crippen LogP) is 3.82. The second-order valence-corrected chi connectivity index (χ2v) is 8.61. The van der Waals surface area contributed by atoms with Gasteiger partial charge in [0.05, 0.1) is 24.1 Å². The highest BCUT2D eigenvalue weighted by Gasteiger charge is 2.64. The van der Waals surface area contributed by atoms with Crippen LogP contribution in [-0.4, -0.2) is 28.6 Å². The molecule has 150 valence electrons. The van der Waals surface area contributed by atoms with Crippen molar-refractivity contribution in [2.24, 2.45) is 5.41 Å². The average molecular weight is 398 g/mol. The van der Waals surface area contributed by atoms with Gasteiger partial charge in [-0.05, 0) is 44.0 Å². The third-order valence-electron chi connectivity index (χ3n) is 5.61. The first kappa shape index (κ1) is 19.7. The highest BCUT2D eigenvalue weighted by atomic mass is 16.6. The molecule has 3 atom stereocenters. The van der Waals surface area contributed by atoms with Crippen molar-refractivity contribution in [3.8, 4) is 12.1 Å². The molecule has 0 aliphatic carbocycles. The summed E-state index contributed by atoms with van der Waals surface area (Å²) in [5.74, 6) is -1.18. The molecule has 1 aromatic heterocycles. The normalized spacial score (nSPS) is 23.6. The minimum absolute atomic E-state index is 0.459. The number of hydrogen-bond donors (Lipinski definition) is 0. The lowest BCUT2D eigenvalue weighted by atomic mass is 9.70. The van der Waals surface area contributed by atoms with Crippen LogP contribution in [0.15, 0.2) is 54.9 Å². The van der Waals surface area contributed by atoms with Crippen LogP contribution < -0.4 is 4.90 Å². The van der Waals surface area contributed by atoms with E-state index in [-0.39, 0.29) is 0 Å². The zero-order chi connectivity index (χ0) is 21.5.